The van der Waals surface area contributed by atoms with Crippen LogP contribution in [0, 0.1) is 0 Å². The number of rotatable bonds is 4. The second-order valence-electron chi connectivity index (χ2n) is 6.76. The molecule has 1 aliphatic carbocycles. The van der Waals surface area contributed by atoms with Crippen LogP contribution in [0.1, 0.15) is 47.8 Å². The highest BCUT2D eigenvalue weighted by Gasteiger charge is 2.22. The monoisotopic (exact) mass is 328 g/mol. The molecule has 3 heterocycles. The quantitative estimate of drug-likeness (QED) is 0.889. The van der Waals surface area contributed by atoms with Gasteiger partial charge in [0.25, 0.3) is 0 Å². The predicted molar refractivity (Wildman–Crippen MR) is 92.0 cm³/mol. The number of nitrogens with two attached hydrogens (primary N) is 1. The average Bonchev–Trinajstić information content (AvgIpc) is 3.25. The molecule has 0 bridgehead atoms. The van der Waals surface area contributed by atoms with Crippen molar-refractivity contribution in [1.82, 2.24) is 20.2 Å². The summed E-state index contributed by atoms with van der Waals surface area (Å²) in [5.41, 5.74) is 10.7. The Balaban J connectivity index is 1.55. The van der Waals surface area contributed by atoms with Crippen LogP contribution in [0.4, 0.5) is 11.8 Å². The number of H-pyrrole nitrogens is 1. The Kier molecular flexibility index (Phi) is 4.10. The summed E-state index contributed by atoms with van der Waals surface area (Å²) >= 11 is 0. The lowest BCUT2D eigenvalue weighted by Gasteiger charge is -2.20. The third-order valence-corrected chi connectivity index (χ3v) is 5.02. The van der Waals surface area contributed by atoms with Crippen molar-refractivity contribution in [3.63, 3.8) is 0 Å². The summed E-state index contributed by atoms with van der Waals surface area (Å²) in [6.45, 7) is 2.23. The molecule has 128 valence electrons. The number of hydrogen-bond donors (Lipinski definition) is 2. The normalized spacial score (nSPS) is 20.1. The Morgan fingerprint density at radius 2 is 2.21 bits per heavy atom. The van der Waals surface area contributed by atoms with E-state index in [0.29, 0.717) is 18.5 Å². The molecule has 0 aromatic carbocycles. The summed E-state index contributed by atoms with van der Waals surface area (Å²) in [7, 11) is 2.03. The maximum atomic E-state index is 5.94. The van der Waals surface area contributed by atoms with Crippen LogP contribution in [0.3, 0.4) is 0 Å². The summed E-state index contributed by atoms with van der Waals surface area (Å²) in [6.07, 6.45) is 5.71. The number of anilines is 2. The van der Waals surface area contributed by atoms with Crippen molar-refractivity contribution in [1.29, 1.82) is 0 Å². The number of aromatic amines is 1. The fraction of sp³-hybridized carbons (Fsp3) is 0.588. The van der Waals surface area contributed by atoms with Gasteiger partial charge in [0.15, 0.2) is 0 Å². The highest BCUT2D eigenvalue weighted by atomic mass is 16.5. The number of ether oxygens (including phenoxy) is 1. The van der Waals surface area contributed by atoms with Crippen molar-refractivity contribution in [2.24, 2.45) is 0 Å². The van der Waals surface area contributed by atoms with Crippen molar-refractivity contribution in [3.05, 3.63) is 28.7 Å². The van der Waals surface area contributed by atoms with Crippen LogP contribution in [0.2, 0.25) is 0 Å². The number of fused-ring (bicyclic) bond motifs is 1. The maximum absolute atomic E-state index is 5.94. The van der Waals surface area contributed by atoms with Gasteiger partial charge in [-0.15, -0.1) is 0 Å². The maximum Gasteiger partial charge on any atom is 0.222 e. The Hall–Kier alpha value is -2.15. The molecular formula is C17H24N6O. The van der Waals surface area contributed by atoms with Crippen molar-refractivity contribution in [3.8, 4) is 0 Å². The van der Waals surface area contributed by atoms with E-state index in [-0.39, 0.29) is 0 Å². The van der Waals surface area contributed by atoms with Crippen LogP contribution in [-0.4, -0.2) is 40.4 Å². The number of aromatic nitrogens is 4. The van der Waals surface area contributed by atoms with Gasteiger partial charge < -0.3 is 15.4 Å². The van der Waals surface area contributed by atoms with Gasteiger partial charge in [0.05, 0.1) is 24.5 Å². The molecule has 1 atom stereocenters. The second-order valence-corrected chi connectivity index (χ2v) is 6.76. The molecule has 1 aliphatic heterocycles. The van der Waals surface area contributed by atoms with E-state index in [0.717, 1.165) is 49.6 Å². The lowest BCUT2D eigenvalue weighted by atomic mass is 9.96. The van der Waals surface area contributed by atoms with Crippen molar-refractivity contribution >= 4 is 11.8 Å². The lowest BCUT2D eigenvalue weighted by Crippen LogP contribution is -2.21. The van der Waals surface area contributed by atoms with Gasteiger partial charge in [0.1, 0.15) is 5.82 Å². The molecule has 0 saturated carbocycles. The topological polar surface area (TPSA) is 93.0 Å². The van der Waals surface area contributed by atoms with Crippen LogP contribution in [0.15, 0.2) is 6.07 Å². The zero-order valence-electron chi connectivity index (χ0n) is 14.1. The zero-order valence-corrected chi connectivity index (χ0v) is 14.1. The molecule has 0 unspecified atom stereocenters. The van der Waals surface area contributed by atoms with E-state index in [2.05, 4.69) is 25.1 Å². The van der Waals surface area contributed by atoms with Crippen LogP contribution in [0.5, 0.6) is 0 Å². The number of hydrogen-bond acceptors (Lipinski definition) is 6. The lowest BCUT2D eigenvalue weighted by molar-refractivity contribution is 0.193. The summed E-state index contributed by atoms with van der Waals surface area (Å²) in [5, 5.41) is 7.72. The average molecular weight is 328 g/mol. The van der Waals surface area contributed by atoms with Gasteiger partial charge in [-0.3, -0.25) is 5.10 Å². The number of nitrogens with one attached hydrogen (secondary N) is 1. The van der Waals surface area contributed by atoms with Gasteiger partial charge in [-0.2, -0.15) is 10.1 Å². The highest BCUT2D eigenvalue weighted by molar-refractivity contribution is 5.45. The van der Waals surface area contributed by atoms with Crippen molar-refractivity contribution in [2.75, 3.05) is 30.9 Å². The first kappa shape index (κ1) is 15.4. The molecule has 24 heavy (non-hydrogen) atoms. The Bertz CT molecular complexity index is 722. The Morgan fingerprint density at radius 1 is 1.33 bits per heavy atom. The summed E-state index contributed by atoms with van der Waals surface area (Å²) in [4.78, 5) is 10.9. The highest BCUT2D eigenvalue weighted by Crippen LogP contribution is 2.28. The number of aryl methyl sites for hydroxylation is 1. The van der Waals surface area contributed by atoms with E-state index in [1.165, 1.54) is 24.1 Å². The van der Waals surface area contributed by atoms with Gasteiger partial charge in [0, 0.05) is 31.3 Å². The van der Waals surface area contributed by atoms with Crippen LogP contribution in [-0.2, 0) is 24.1 Å². The van der Waals surface area contributed by atoms with Crippen LogP contribution in [0.25, 0.3) is 0 Å². The molecule has 4 rings (SSSR count). The van der Waals surface area contributed by atoms with Gasteiger partial charge in [0.2, 0.25) is 5.95 Å². The van der Waals surface area contributed by atoms with Crippen molar-refractivity contribution in [2.45, 2.75) is 44.6 Å². The molecule has 1 saturated heterocycles. The molecule has 0 amide bonds. The summed E-state index contributed by atoms with van der Waals surface area (Å²) < 4.78 is 5.47. The first-order chi connectivity index (χ1) is 11.7. The molecule has 7 nitrogen and oxygen atoms in total. The van der Waals surface area contributed by atoms with E-state index < -0.39 is 0 Å². The largest absolute Gasteiger partial charge is 0.381 e. The van der Waals surface area contributed by atoms with E-state index in [1.807, 2.05) is 13.1 Å². The Morgan fingerprint density at radius 3 is 3.04 bits per heavy atom. The van der Waals surface area contributed by atoms with Crippen LogP contribution >= 0.6 is 0 Å². The fourth-order valence-electron chi connectivity index (χ4n) is 3.63. The minimum atomic E-state index is 0.320. The van der Waals surface area contributed by atoms with Gasteiger partial charge >= 0.3 is 0 Å². The van der Waals surface area contributed by atoms with Gasteiger partial charge in [-0.25, -0.2) is 4.98 Å². The molecule has 1 fully saturated rings. The molecular weight excluding hydrogens is 304 g/mol. The molecule has 7 heteroatoms. The van der Waals surface area contributed by atoms with E-state index in [4.69, 9.17) is 10.5 Å². The van der Waals surface area contributed by atoms with E-state index in [1.54, 1.807) is 0 Å². The standard InChI is InChI=1S/C17H24N6O/c1-23(9-15-12-4-2-3-5-13(12)21-22-15)16-8-14(19-17(18)20-16)11-6-7-24-10-11/h8,11H,2-7,9-10H2,1H3,(H,21,22)(H2,18,19,20)/t11-/m0/s1. The minimum absolute atomic E-state index is 0.320. The molecule has 2 aromatic heterocycles. The smallest absolute Gasteiger partial charge is 0.222 e. The molecule has 3 N–H and O–H groups in total. The number of nitrogen functional groups attached to an aromatic ring is 1. The third-order valence-electron chi connectivity index (χ3n) is 5.02. The molecule has 0 spiro atoms. The number of nitrogens with zero attached hydrogens (tertiary/aromatic N) is 4. The van der Waals surface area contributed by atoms with Gasteiger partial charge in [-0.05, 0) is 37.7 Å². The van der Waals surface area contributed by atoms with E-state index >= 15 is 0 Å². The zero-order chi connectivity index (χ0) is 16.5. The van der Waals surface area contributed by atoms with Crippen molar-refractivity contribution < 1.29 is 4.74 Å². The molecule has 2 aromatic rings. The second kappa shape index (κ2) is 6.39. The summed E-state index contributed by atoms with van der Waals surface area (Å²) in [5.74, 6) is 1.49. The summed E-state index contributed by atoms with van der Waals surface area (Å²) in [6, 6.07) is 2.04. The van der Waals surface area contributed by atoms with E-state index in [9.17, 15) is 0 Å². The van der Waals surface area contributed by atoms with Gasteiger partial charge in [-0.1, -0.05) is 0 Å². The third kappa shape index (κ3) is 2.96. The minimum Gasteiger partial charge on any atom is -0.381 e. The molecule has 0 radical (unpaired) electrons. The predicted octanol–water partition coefficient (Wildman–Crippen LogP) is 1.80. The Labute approximate surface area is 141 Å². The first-order valence-electron chi connectivity index (χ1n) is 8.69. The molecule has 2 aliphatic rings. The fourth-order valence-corrected chi connectivity index (χ4v) is 3.63. The van der Waals surface area contributed by atoms with Crippen LogP contribution < -0.4 is 10.6 Å². The first-order valence-corrected chi connectivity index (χ1v) is 8.69. The SMILES string of the molecule is CN(Cc1n[nH]c2c1CCCC2)c1cc([C@H]2CCOC2)nc(N)n1.